The molecule has 1 aliphatic heterocycles. The third-order valence-corrected chi connectivity index (χ3v) is 6.83. The Morgan fingerprint density at radius 3 is 2.29 bits per heavy atom. The molecule has 2 aromatic rings. The van der Waals surface area contributed by atoms with Gasteiger partial charge < -0.3 is 14.4 Å². The third kappa shape index (κ3) is 4.97. The SMILES string of the molecule is CCc1ccc(OCCS(=O)(=O)N2CCN(c3ccccc3OC)CC2)cc1. The molecule has 0 atom stereocenters. The normalized spacial score (nSPS) is 15.4. The fraction of sp³-hybridized carbons (Fsp3) is 0.429. The Morgan fingerprint density at radius 2 is 1.64 bits per heavy atom. The first kappa shape index (κ1) is 20.5. The van der Waals surface area contributed by atoms with Crippen molar-refractivity contribution >= 4 is 15.7 Å². The Morgan fingerprint density at radius 1 is 0.964 bits per heavy atom. The second-order valence-corrected chi connectivity index (χ2v) is 8.81. The van der Waals surface area contributed by atoms with Gasteiger partial charge in [-0.1, -0.05) is 31.2 Å². The molecule has 1 aliphatic rings. The Hall–Kier alpha value is -2.25. The van der Waals surface area contributed by atoms with Crippen molar-refractivity contribution < 1.29 is 17.9 Å². The van der Waals surface area contributed by atoms with Gasteiger partial charge in [0.15, 0.2) is 0 Å². The van der Waals surface area contributed by atoms with E-state index in [0.717, 1.165) is 17.9 Å². The Bertz CT molecular complexity index is 860. The highest BCUT2D eigenvalue weighted by Gasteiger charge is 2.27. The molecule has 0 bridgehead atoms. The van der Waals surface area contributed by atoms with Gasteiger partial charge in [-0.15, -0.1) is 0 Å². The fourth-order valence-electron chi connectivity index (χ4n) is 3.31. The molecule has 7 heteroatoms. The summed E-state index contributed by atoms with van der Waals surface area (Å²) in [5.74, 6) is 1.49. The summed E-state index contributed by atoms with van der Waals surface area (Å²) in [5.41, 5.74) is 2.23. The number of methoxy groups -OCH3 is 1. The largest absolute Gasteiger partial charge is 0.495 e. The van der Waals surface area contributed by atoms with Gasteiger partial charge in [0.25, 0.3) is 0 Å². The van der Waals surface area contributed by atoms with Crippen LogP contribution in [0.2, 0.25) is 0 Å². The maximum absolute atomic E-state index is 12.6. The van der Waals surface area contributed by atoms with Crippen LogP contribution in [0.5, 0.6) is 11.5 Å². The van der Waals surface area contributed by atoms with Gasteiger partial charge in [0.2, 0.25) is 10.0 Å². The number of para-hydroxylation sites is 2. The van der Waals surface area contributed by atoms with Crippen molar-refractivity contribution in [1.82, 2.24) is 4.31 Å². The highest BCUT2D eigenvalue weighted by molar-refractivity contribution is 7.89. The second kappa shape index (κ2) is 9.30. The zero-order valence-corrected chi connectivity index (χ0v) is 17.3. The molecule has 0 aliphatic carbocycles. The van der Waals surface area contributed by atoms with Crippen LogP contribution in [0.25, 0.3) is 0 Å². The topological polar surface area (TPSA) is 59.1 Å². The molecular weight excluding hydrogens is 376 g/mol. The van der Waals surface area contributed by atoms with Gasteiger partial charge in [-0.25, -0.2) is 8.42 Å². The van der Waals surface area contributed by atoms with Crippen molar-refractivity contribution in [3.05, 3.63) is 54.1 Å². The van der Waals surface area contributed by atoms with Gasteiger partial charge >= 0.3 is 0 Å². The van der Waals surface area contributed by atoms with E-state index in [9.17, 15) is 8.42 Å². The number of hydrogen-bond donors (Lipinski definition) is 0. The van der Waals surface area contributed by atoms with E-state index < -0.39 is 10.0 Å². The Kier molecular flexibility index (Phi) is 6.80. The highest BCUT2D eigenvalue weighted by Crippen LogP contribution is 2.28. The number of hydrogen-bond acceptors (Lipinski definition) is 5. The minimum atomic E-state index is -3.34. The predicted octanol–water partition coefficient (Wildman–Crippen LogP) is 2.79. The molecule has 1 heterocycles. The zero-order chi connectivity index (χ0) is 20.0. The van der Waals surface area contributed by atoms with Gasteiger partial charge in [-0.3, -0.25) is 0 Å². The van der Waals surface area contributed by atoms with Crippen LogP contribution < -0.4 is 14.4 Å². The lowest BCUT2D eigenvalue weighted by molar-refractivity contribution is 0.330. The molecule has 1 fully saturated rings. The monoisotopic (exact) mass is 404 g/mol. The van der Waals surface area contributed by atoms with Crippen molar-refractivity contribution in [2.75, 3.05) is 50.5 Å². The highest BCUT2D eigenvalue weighted by atomic mass is 32.2. The van der Waals surface area contributed by atoms with Crippen LogP contribution in [-0.4, -0.2) is 58.4 Å². The van der Waals surface area contributed by atoms with Crippen molar-refractivity contribution in [3.8, 4) is 11.5 Å². The zero-order valence-electron chi connectivity index (χ0n) is 16.5. The summed E-state index contributed by atoms with van der Waals surface area (Å²) >= 11 is 0. The second-order valence-electron chi connectivity index (χ2n) is 6.72. The van der Waals surface area contributed by atoms with Crippen LogP contribution in [0.3, 0.4) is 0 Å². The molecule has 0 N–H and O–H groups in total. The number of aryl methyl sites for hydroxylation is 1. The fourth-order valence-corrected chi connectivity index (χ4v) is 4.59. The first-order chi connectivity index (χ1) is 13.5. The lowest BCUT2D eigenvalue weighted by Crippen LogP contribution is -2.49. The van der Waals surface area contributed by atoms with Crippen LogP contribution in [-0.2, 0) is 16.4 Å². The van der Waals surface area contributed by atoms with Crippen LogP contribution in [0.15, 0.2) is 48.5 Å². The molecule has 3 rings (SSSR count). The summed E-state index contributed by atoms with van der Waals surface area (Å²) in [6.45, 7) is 4.45. The molecule has 0 saturated carbocycles. The molecule has 1 saturated heterocycles. The van der Waals surface area contributed by atoms with Crippen LogP contribution >= 0.6 is 0 Å². The maximum atomic E-state index is 12.6. The molecular formula is C21H28N2O4S. The average molecular weight is 405 g/mol. The van der Waals surface area contributed by atoms with E-state index in [1.54, 1.807) is 11.4 Å². The standard InChI is InChI=1S/C21H28N2O4S/c1-3-18-8-10-19(11-9-18)27-16-17-28(24,25)23-14-12-22(13-15-23)20-6-4-5-7-21(20)26-2/h4-11H,3,12-17H2,1-2H3. The van der Waals surface area contributed by atoms with E-state index in [-0.39, 0.29) is 12.4 Å². The number of benzene rings is 2. The molecule has 6 nitrogen and oxygen atoms in total. The maximum Gasteiger partial charge on any atom is 0.217 e. The molecule has 152 valence electrons. The van der Waals surface area contributed by atoms with Gasteiger partial charge in [-0.05, 0) is 36.2 Å². The van der Waals surface area contributed by atoms with Gasteiger partial charge in [0.1, 0.15) is 18.1 Å². The van der Waals surface area contributed by atoms with Crippen LogP contribution in [0, 0.1) is 0 Å². The van der Waals surface area contributed by atoms with E-state index in [1.165, 1.54) is 5.56 Å². The lowest BCUT2D eigenvalue weighted by Gasteiger charge is -2.35. The number of piperazine rings is 1. The summed E-state index contributed by atoms with van der Waals surface area (Å²) in [4.78, 5) is 2.16. The summed E-state index contributed by atoms with van der Waals surface area (Å²) in [5, 5.41) is 0. The molecule has 0 unspecified atom stereocenters. The number of rotatable bonds is 8. The first-order valence-electron chi connectivity index (χ1n) is 9.61. The number of nitrogens with zero attached hydrogens (tertiary/aromatic N) is 2. The Balaban J connectivity index is 1.51. The van der Waals surface area contributed by atoms with Crippen molar-refractivity contribution in [2.45, 2.75) is 13.3 Å². The predicted molar refractivity (Wildman–Crippen MR) is 112 cm³/mol. The summed E-state index contributed by atoms with van der Waals surface area (Å²) in [6, 6.07) is 15.6. The van der Waals surface area contributed by atoms with E-state index >= 15 is 0 Å². The molecule has 0 spiro atoms. The van der Waals surface area contributed by atoms with E-state index in [1.807, 2.05) is 48.5 Å². The molecule has 0 radical (unpaired) electrons. The summed E-state index contributed by atoms with van der Waals surface area (Å²) in [6.07, 6.45) is 0.968. The molecule has 28 heavy (non-hydrogen) atoms. The first-order valence-corrected chi connectivity index (χ1v) is 11.2. The summed E-state index contributed by atoms with van der Waals surface area (Å²) < 4.78 is 37.9. The van der Waals surface area contributed by atoms with Gasteiger partial charge in [0.05, 0.1) is 18.6 Å². The smallest absolute Gasteiger partial charge is 0.217 e. The minimum absolute atomic E-state index is 0.0167. The van der Waals surface area contributed by atoms with Crippen molar-refractivity contribution in [1.29, 1.82) is 0 Å². The summed E-state index contributed by atoms with van der Waals surface area (Å²) in [7, 11) is -1.69. The van der Waals surface area contributed by atoms with Crippen molar-refractivity contribution in [3.63, 3.8) is 0 Å². The lowest BCUT2D eigenvalue weighted by atomic mass is 10.2. The average Bonchev–Trinajstić information content (AvgIpc) is 2.74. The van der Waals surface area contributed by atoms with E-state index in [4.69, 9.17) is 9.47 Å². The number of anilines is 1. The quantitative estimate of drug-likeness (QED) is 0.677. The number of ether oxygens (including phenoxy) is 2. The third-order valence-electron chi connectivity index (χ3n) is 5.00. The van der Waals surface area contributed by atoms with E-state index in [0.29, 0.717) is 31.9 Å². The van der Waals surface area contributed by atoms with E-state index in [2.05, 4.69) is 11.8 Å². The molecule has 2 aromatic carbocycles. The minimum Gasteiger partial charge on any atom is -0.495 e. The van der Waals surface area contributed by atoms with Gasteiger partial charge in [0, 0.05) is 26.2 Å². The Labute approximate surface area is 167 Å². The van der Waals surface area contributed by atoms with Crippen molar-refractivity contribution in [2.24, 2.45) is 0 Å². The molecule has 0 amide bonds. The van der Waals surface area contributed by atoms with Crippen LogP contribution in [0.1, 0.15) is 12.5 Å². The van der Waals surface area contributed by atoms with Gasteiger partial charge in [-0.2, -0.15) is 4.31 Å². The van der Waals surface area contributed by atoms with Crippen LogP contribution in [0.4, 0.5) is 5.69 Å². The number of sulfonamides is 1. The molecule has 0 aromatic heterocycles.